The van der Waals surface area contributed by atoms with E-state index in [0.717, 1.165) is 33.9 Å². The van der Waals surface area contributed by atoms with Gasteiger partial charge in [-0.3, -0.25) is 19.7 Å². The number of thiocarbonyl (C=S) groups is 1. The predicted octanol–water partition coefficient (Wildman–Crippen LogP) is 4.14. The Morgan fingerprint density at radius 2 is 1.73 bits per heavy atom. The lowest BCUT2D eigenvalue weighted by atomic mass is 10.1. The summed E-state index contributed by atoms with van der Waals surface area (Å²) >= 11 is 10.8. The number of benzene rings is 3. The van der Waals surface area contributed by atoms with E-state index in [0.29, 0.717) is 17.9 Å². The highest BCUT2D eigenvalue weighted by Crippen LogP contribution is 2.26. The van der Waals surface area contributed by atoms with E-state index in [9.17, 15) is 24.5 Å². The number of rotatable bonds is 9. The minimum atomic E-state index is -1.15. The van der Waals surface area contributed by atoms with Gasteiger partial charge in [-0.15, -0.1) is 0 Å². The lowest BCUT2D eigenvalue weighted by Gasteiger charge is -2.21. The summed E-state index contributed by atoms with van der Waals surface area (Å²) < 4.78 is 5.65. The zero-order chi connectivity index (χ0) is 30.1. The van der Waals surface area contributed by atoms with Gasteiger partial charge in [0.15, 0.2) is 0 Å². The Kier molecular flexibility index (Phi) is 10.9. The highest BCUT2D eigenvalue weighted by Gasteiger charge is 2.38. The van der Waals surface area contributed by atoms with Crippen LogP contribution in [-0.2, 0) is 22.6 Å². The maximum atomic E-state index is 12.4. The first-order valence-corrected chi connectivity index (χ1v) is 13.0. The van der Waals surface area contributed by atoms with Crippen LogP contribution in [0.5, 0.6) is 5.75 Å². The molecule has 3 aromatic carbocycles. The Balaban J connectivity index is 0.000000226. The molecule has 4 rings (SSSR count). The first-order chi connectivity index (χ1) is 19.5. The van der Waals surface area contributed by atoms with Crippen molar-refractivity contribution in [1.29, 1.82) is 0 Å². The third-order valence-electron chi connectivity index (χ3n) is 6.03. The summed E-state index contributed by atoms with van der Waals surface area (Å²) in [6.07, 6.45) is 0.426. The van der Waals surface area contributed by atoms with Gasteiger partial charge in [-0.05, 0) is 35.7 Å². The van der Waals surface area contributed by atoms with E-state index in [-0.39, 0.29) is 29.2 Å². The number of likely N-dealkylation sites (tertiary alicyclic amines) is 1. The molecule has 3 aromatic rings. The Hall–Kier alpha value is -4.39. The van der Waals surface area contributed by atoms with Crippen LogP contribution in [0.2, 0.25) is 5.02 Å². The molecule has 41 heavy (non-hydrogen) atoms. The summed E-state index contributed by atoms with van der Waals surface area (Å²) in [6.45, 7) is 0.563. The highest BCUT2D eigenvalue weighted by atomic mass is 35.5. The zero-order valence-corrected chi connectivity index (χ0v) is 23.1. The van der Waals surface area contributed by atoms with Crippen LogP contribution in [0.15, 0.2) is 72.8 Å². The first-order valence-electron chi connectivity index (χ1n) is 12.2. The number of nitrogens with zero attached hydrogens (tertiary/aromatic N) is 2. The van der Waals surface area contributed by atoms with Crippen LogP contribution in [0.3, 0.4) is 0 Å². The molecule has 0 saturated carbocycles. The molecule has 1 amide bonds. The molecule has 214 valence electrons. The summed E-state index contributed by atoms with van der Waals surface area (Å²) in [5, 5.41) is 28.4. The molecule has 1 aliphatic heterocycles. The van der Waals surface area contributed by atoms with Gasteiger partial charge in [0, 0.05) is 23.4 Å². The Morgan fingerprint density at radius 1 is 1.07 bits per heavy atom. The number of carbonyl (C=O) groups excluding carboxylic acids is 1. The van der Waals surface area contributed by atoms with E-state index in [2.05, 4.69) is 0 Å². The summed E-state index contributed by atoms with van der Waals surface area (Å²) in [5.41, 5.74) is 7.24. The lowest BCUT2D eigenvalue weighted by Crippen LogP contribution is -2.40. The van der Waals surface area contributed by atoms with Gasteiger partial charge in [-0.25, -0.2) is 4.79 Å². The predicted molar refractivity (Wildman–Crippen MR) is 154 cm³/mol. The Bertz CT molecular complexity index is 1440. The van der Waals surface area contributed by atoms with Gasteiger partial charge >= 0.3 is 11.9 Å². The molecule has 1 fully saturated rings. The van der Waals surface area contributed by atoms with Gasteiger partial charge < -0.3 is 25.6 Å². The third-order valence-corrected chi connectivity index (χ3v) is 6.64. The van der Waals surface area contributed by atoms with Crippen LogP contribution < -0.4 is 10.5 Å². The second kappa shape index (κ2) is 14.3. The van der Waals surface area contributed by atoms with Gasteiger partial charge in [-0.2, -0.15) is 0 Å². The summed E-state index contributed by atoms with van der Waals surface area (Å²) in [5.74, 6) is -2.00. The van der Waals surface area contributed by atoms with Crippen LogP contribution in [0.25, 0.3) is 0 Å². The van der Waals surface area contributed by atoms with Crippen molar-refractivity contribution >= 4 is 52.2 Å². The summed E-state index contributed by atoms with van der Waals surface area (Å²) in [4.78, 5) is 45.8. The number of hydrogen-bond donors (Lipinski definition) is 3. The number of nitro benzene ring substituents is 1. The molecule has 0 unspecified atom stereocenters. The van der Waals surface area contributed by atoms with Crippen molar-refractivity contribution in [3.63, 3.8) is 0 Å². The fourth-order valence-corrected chi connectivity index (χ4v) is 4.43. The van der Waals surface area contributed by atoms with Crippen LogP contribution >= 0.6 is 23.8 Å². The molecule has 2 atom stereocenters. The Morgan fingerprint density at radius 3 is 2.29 bits per heavy atom. The van der Waals surface area contributed by atoms with Gasteiger partial charge in [-0.1, -0.05) is 66.3 Å². The molecule has 13 heteroatoms. The van der Waals surface area contributed by atoms with E-state index in [1.165, 1.54) is 6.07 Å². The van der Waals surface area contributed by atoms with Crippen molar-refractivity contribution in [2.75, 3.05) is 6.54 Å². The molecule has 1 saturated heterocycles. The van der Waals surface area contributed by atoms with E-state index in [1.54, 1.807) is 0 Å². The molecule has 11 nitrogen and oxygen atoms in total. The van der Waals surface area contributed by atoms with Gasteiger partial charge in [0.1, 0.15) is 24.4 Å². The molecule has 1 heterocycles. The smallest absolute Gasteiger partial charge is 0.326 e. The number of amides is 1. The average molecular weight is 600 g/mol. The number of halogens is 1. The number of carboxylic acids is 2. The molecule has 1 aliphatic rings. The van der Waals surface area contributed by atoms with Crippen LogP contribution in [0.4, 0.5) is 5.69 Å². The monoisotopic (exact) mass is 599 g/mol. The molecule has 0 radical (unpaired) electrons. The highest BCUT2D eigenvalue weighted by molar-refractivity contribution is 7.80. The van der Waals surface area contributed by atoms with E-state index < -0.39 is 34.9 Å². The number of non-ortho nitro benzene ring substituents is 1. The van der Waals surface area contributed by atoms with Crippen LogP contribution in [-0.4, -0.2) is 61.4 Å². The van der Waals surface area contributed by atoms with Crippen LogP contribution in [0.1, 0.15) is 27.9 Å². The zero-order valence-electron chi connectivity index (χ0n) is 21.5. The molecular weight excluding hydrogens is 574 g/mol. The number of aliphatic carboxylic acids is 2. The van der Waals surface area contributed by atoms with E-state index in [4.69, 9.17) is 44.5 Å². The van der Waals surface area contributed by atoms with Crippen molar-refractivity contribution in [3.8, 4) is 5.75 Å². The van der Waals surface area contributed by atoms with E-state index in [1.807, 2.05) is 54.6 Å². The number of ether oxygens (including phenoxy) is 1. The normalized spacial score (nSPS) is 14.9. The minimum absolute atomic E-state index is 0.0122. The fourth-order valence-electron chi connectivity index (χ4n) is 3.87. The molecule has 0 aliphatic carbocycles. The topological polar surface area (TPSA) is 173 Å². The number of hydrogen-bond acceptors (Lipinski definition) is 8. The Labute approximate surface area is 245 Å². The largest absolute Gasteiger partial charge is 0.489 e. The average Bonchev–Trinajstić information content (AvgIpc) is 3.35. The molecule has 0 bridgehead atoms. The van der Waals surface area contributed by atoms with Crippen molar-refractivity contribution in [2.45, 2.75) is 31.5 Å². The van der Waals surface area contributed by atoms with Crippen molar-refractivity contribution in [3.05, 3.63) is 105 Å². The third kappa shape index (κ3) is 8.80. The molecule has 4 N–H and O–H groups in total. The maximum absolute atomic E-state index is 12.4. The first kappa shape index (κ1) is 31.1. The molecule has 0 spiro atoms. The lowest BCUT2D eigenvalue weighted by molar-refractivity contribution is -0.384. The number of nitro groups is 1. The number of nitrogens with two attached hydrogens (primary N) is 1. The van der Waals surface area contributed by atoms with Crippen molar-refractivity contribution in [1.82, 2.24) is 4.90 Å². The quantitative estimate of drug-likeness (QED) is 0.184. The second-order valence-corrected chi connectivity index (χ2v) is 10.0. The van der Waals surface area contributed by atoms with Crippen molar-refractivity contribution in [2.24, 2.45) is 5.73 Å². The SMILES string of the molecule is N[C@@H](Cc1ccc(OCc2ccccc2)cc1)C(=O)O.O=C(O)[C@@H]1CC(=S)CN1C(=O)c1ccc([N+](=O)[O-])cc1Cl. The maximum Gasteiger partial charge on any atom is 0.326 e. The van der Waals surface area contributed by atoms with Gasteiger partial charge in [0.05, 0.1) is 22.1 Å². The molecular formula is C28H26ClN3O8S. The summed E-state index contributed by atoms with van der Waals surface area (Å²) in [6, 6.07) is 18.7. The van der Waals surface area contributed by atoms with Gasteiger partial charge in [0.25, 0.3) is 11.6 Å². The minimum Gasteiger partial charge on any atom is -0.489 e. The fraction of sp³-hybridized carbons (Fsp3) is 0.214. The van der Waals surface area contributed by atoms with Crippen molar-refractivity contribution < 1.29 is 34.3 Å². The van der Waals surface area contributed by atoms with E-state index >= 15 is 0 Å². The van der Waals surface area contributed by atoms with Gasteiger partial charge in [0.2, 0.25) is 0 Å². The second-order valence-electron chi connectivity index (χ2n) is 9.02. The number of carboxylic acid groups (broad SMARTS) is 2. The van der Waals surface area contributed by atoms with Crippen LogP contribution in [0, 0.1) is 10.1 Å². The number of carbonyl (C=O) groups is 3. The molecule has 0 aromatic heterocycles. The summed E-state index contributed by atoms with van der Waals surface area (Å²) in [7, 11) is 0. The standard InChI is InChI=1S/C16H17NO3.C12H9ClN2O5S/c17-15(16(18)19)10-12-6-8-14(9-7-12)20-11-13-4-2-1-3-5-13;13-9-3-6(15(19)20)1-2-8(9)11(16)14-5-7(21)4-10(14)12(17)18/h1-9,15H,10-11,17H2,(H,18,19);1-3,10H,4-5H2,(H,17,18)/t15-;10-/m00/s1.